The van der Waals surface area contributed by atoms with Crippen LogP contribution in [0.5, 0.6) is 46.0 Å². The Morgan fingerprint density at radius 1 is 0.371 bits per heavy atom. The summed E-state index contributed by atoms with van der Waals surface area (Å²) in [6.45, 7) is -2.22. The molecule has 0 aliphatic carbocycles. The Morgan fingerprint density at radius 3 is 0.800 bits per heavy atom. The molecule has 0 saturated carbocycles. The number of carboxylic acids is 2. The number of hydrogen-bond donors (Lipinski definition) is 4. The predicted octanol–water partition coefficient (Wildman–Crippen LogP) is 8.99. The second-order valence-corrected chi connectivity index (χ2v) is 16.4. The number of rotatable bonds is 14. The monoisotopic (exact) mass is 934 g/mol. The maximum atomic E-state index is 14.9. The molecule has 0 fully saturated rings. The van der Waals surface area contributed by atoms with Crippen LogP contribution in [-0.2, 0) is 9.59 Å². The van der Waals surface area contributed by atoms with E-state index in [1.807, 2.05) is 0 Å². The molecule has 4 N–H and O–H groups in total. The molecule has 16 nitrogen and oxygen atoms in total. The maximum absolute atomic E-state index is 14.9. The smallest absolute Gasteiger partial charge is 0.329 e. The second kappa shape index (κ2) is 16.7. The molecule has 4 amide bonds. The molecular formula is C54H34N2O14. The molecule has 11 rings (SSSR count). The van der Waals surface area contributed by atoms with Gasteiger partial charge in [-0.15, -0.1) is 0 Å². The van der Waals surface area contributed by atoms with Crippen molar-refractivity contribution in [3.8, 4) is 46.0 Å². The van der Waals surface area contributed by atoms with E-state index in [1.165, 1.54) is 24.3 Å². The molecule has 9 aromatic rings. The van der Waals surface area contributed by atoms with E-state index in [4.69, 9.17) is 18.9 Å². The van der Waals surface area contributed by atoms with Crippen molar-refractivity contribution in [2.24, 2.45) is 0 Å². The lowest BCUT2D eigenvalue weighted by molar-refractivity contribution is -0.143. The van der Waals surface area contributed by atoms with Crippen LogP contribution in [0.3, 0.4) is 0 Å². The van der Waals surface area contributed by atoms with Crippen LogP contribution in [-0.4, -0.2) is 91.1 Å². The number of amides is 4. The Labute approximate surface area is 394 Å². The van der Waals surface area contributed by atoms with E-state index in [0.717, 1.165) is 0 Å². The number of carboxylic acid groups (broad SMARTS) is 2. The maximum Gasteiger partial charge on any atom is 0.329 e. The molecule has 0 spiro atoms. The molecule has 2 unspecified atom stereocenters. The summed E-state index contributed by atoms with van der Waals surface area (Å²) in [6.07, 6.45) is 0. The average Bonchev–Trinajstić information content (AvgIpc) is 3.36. The van der Waals surface area contributed by atoms with Gasteiger partial charge in [-0.1, -0.05) is 72.8 Å². The van der Waals surface area contributed by atoms with Crippen molar-refractivity contribution in [3.05, 3.63) is 168 Å². The zero-order valence-electron chi connectivity index (χ0n) is 36.2. The van der Waals surface area contributed by atoms with Gasteiger partial charge in [-0.05, 0) is 72.8 Å². The summed E-state index contributed by atoms with van der Waals surface area (Å²) >= 11 is 0. The summed E-state index contributed by atoms with van der Waals surface area (Å²) in [6, 6.07) is 35.4. The van der Waals surface area contributed by atoms with Gasteiger partial charge in [-0.25, -0.2) is 9.59 Å². The molecule has 16 heteroatoms. The minimum absolute atomic E-state index is 0.0348. The number of aliphatic hydroxyl groups excluding tert-OH is 2. The number of aliphatic carboxylic acids is 2. The Bertz CT molecular complexity index is 3230. The summed E-state index contributed by atoms with van der Waals surface area (Å²) in [5.41, 5.74) is -0.717. The van der Waals surface area contributed by atoms with Gasteiger partial charge in [0.05, 0.1) is 35.5 Å². The van der Waals surface area contributed by atoms with Crippen LogP contribution >= 0.6 is 0 Å². The molecule has 70 heavy (non-hydrogen) atoms. The Hall–Kier alpha value is -9.38. The number of fused-ring (bicyclic) bond motifs is 2. The Balaban J connectivity index is 1.41. The van der Waals surface area contributed by atoms with E-state index < -0.39 is 60.9 Å². The molecule has 344 valence electrons. The van der Waals surface area contributed by atoms with Gasteiger partial charge >= 0.3 is 11.9 Å². The second-order valence-electron chi connectivity index (χ2n) is 16.4. The van der Waals surface area contributed by atoms with Crippen LogP contribution in [0.2, 0.25) is 0 Å². The van der Waals surface area contributed by atoms with Crippen LogP contribution in [0.1, 0.15) is 41.4 Å². The van der Waals surface area contributed by atoms with Gasteiger partial charge in [-0.3, -0.25) is 29.0 Å². The van der Waals surface area contributed by atoms with Crippen molar-refractivity contribution in [2.75, 3.05) is 13.2 Å². The predicted molar refractivity (Wildman–Crippen MR) is 252 cm³/mol. The van der Waals surface area contributed by atoms with Crippen LogP contribution in [0.15, 0.2) is 146 Å². The van der Waals surface area contributed by atoms with Crippen LogP contribution in [0.4, 0.5) is 0 Å². The minimum Gasteiger partial charge on any atom is -0.480 e. The van der Waals surface area contributed by atoms with Crippen molar-refractivity contribution in [1.82, 2.24) is 9.80 Å². The van der Waals surface area contributed by atoms with Crippen LogP contribution in [0.25, 0.3) is 43.1 Å². The highest BCUT2D eigenvalue weighted by atomic mass is 16.5. The van der Waals surface area contributed by atoms with Crippen molar-refractivity contribution in [1.29, 1.82) is 0 Å². The number of nitrogens with zero attached hydrogens (tertiary/aromatic N) is 2. The fraction of sp³-hybridized carbons (Fsp3) is 0.0741. The lowest BCUT2D eigenvalue weighted by Gasteiger charge is -2.34. The summed E-state index contributed by atoms with van der Waals surface area (Å²) in [5, 5.41) is 42.3. The number of hydrogen-bond acceptors (Lipinski definition) is 12. The van der Waals surface area contributed by atoms with E-state index in [0.29, 0.717) is 9.80 Å². The SMILES string of the molecule is O=C(O)C(CO)N1C(=O)c2cc(Oc3ccccc3)c3c4c(Oc5ccccc5)cc5c6c(cc(Oc7ccccc7)c(c7c(Oc8ccccc8)cc(c2c37)C1=O)c64)C(=O)N(C(CO)C(=O)O)C5=O. The van der Waals surface area contributed by atoms with Gasteiger partial charge < -0.3 is 39.4 Å². The molecule has 2 heterocycles. The van der Waals surface area contributed by atoms with Crippen molar-refractivity contribution < 1.29 is 68.1 Å². The van der Waals surface area contributed by atoms with Gasteiger partial charge in [0.25, 0.3) is 23.6 Å². The minimum atomic E-state index is -2.00. The number of para-hydroxylation sites is 4. The first-order valence-electron chi connectivity index (χ1n) is 21.7. The van der Waals surface area contributed by atoms with Crippen LogP contribution in [0, 0.1) is 0 Å². The Kier molecular flexibility index (Phi) is 10.3. The first kappa shape index (κ1) is 43.2. The summed E-state index contributed by atoms with van der Waals surface area (Å²) < 4.78 is 26.9. The number of ether oxygens (including phenoxy) is 4. The van der Waals surface area contributed by atoms with Gasteiger partial charge in [0.1, 0.15) is 46.0 Å². The van der Waals surface area contributed by atoms with Crippen molar-refractivity contribution in [2.45, 2.75) is 12.1 Å². The highest BCUT2D eigenvalue weighted by Crippen LogP contribution is 2.58. The number of carbonyl (C=O) groups excluding carboxylic acids is 4. The fourth-order valence-corrected chi connectivity index (χ4v) is 9.43. The standard InChI is InChI=1S/C54H34N2O14/c57-25-35(53(63)64)55-49(59)31-21-37(67-27-13-5-1-6-14-27)43-44-38(68-28-15-7-2-8-16-28)22-33-42-34(52(62)56(51(33)61)36(26-58)54(65)66)24-40(70-30-19-11-4-12-20-30)46(48(42)44)45-39(69-29-17-9-3-10-18-29)23-32(50(55)60)41(31)47(43)45/h1-24,35-36,57-58H,25-26H2,(H,63,64)(H,65,66). The fourth-order valence-electron chi connectivity index (χ4n) is 9.43. The van der Waals surface area contributed by atoms with E-state index in [1.54, 1.807) is 121 Å². The number of imide groups is 2. The van der Waals surface area contributed by atoms with Crippen molar-refractivity contribution in [3.63, 3.8) is 0 Å². The molecule has 2 aliphatic rings. The van der Waals surface area contributed by atoms with E-state index in [-0.39, 0.29) is 111 Å². The third kappa shape index (κ3) is 6.69. The van der Waals surface area contributed by atoms with Gasteiger partial charge in [0.2, 0.25) is 0 Å². The molecule has 9 aromatic carbocycles. The first-order chi connectivity index (χ1) is 34.0. The average molecular weight is 935 g/mol. The third-order valence-corrected chi connectivity index (χ3v) is 12.4. The lowest BCUT2D eigenvalue weighted by Crippen LogP contribution is -2.52. The van der Waals surface area contributed by atoms with Gasteiger partial charge in [0.15, 0.2) is 12.1 Å². The highest BCUT2D eigenvalue weighted by Gasteiger charge is 2.46. The lowest BCUT2D eigenvalue weighted by atomic mass is 9.80. The number of aliphatic hydroxyl groups is 2. The van der Waals surface area contributed by atoms with Gasteiger partial charge in [0, 0.05) is 43.1 Å². The number of carbonyl (C=O) groups is 6. The van der Waals surface area contributed by atoms with E-state index >= 15 is 0 Å². The molecule has 2 atom stereocenters. The van der Waals surface area contributed by atoms with Crippen molar-refractivity contribution >= 4 is 78.7 Å². The molecule has 0 saturated heterocycles. The number of benzene rings is 9. The zero-order chi connectivity index (χ0) is 48.5. The topological polar surface area (TPSA) is 227 Å². The largest absolute Gasteiger partial charge is 0.480 e. The Morgan fingerprint density at radius 2 is 0.600 bits per heavy atom. The quantitative estimate of drug-likeness (QED) is 0.0454. The van der Waals surface area contributed by atoms with E-state index in [9.17, 15) is 49.2 Å². The molecule has 0 bridgehead atoms. The third-order valence-electron chi connectivity index (χ3n) is 12.4. The zero-order valence-corrected chi connectivity index (χ0v) is 36.2. The molecule has 0 radical (unpaired) electrons. The normalized spacial score (nSPS) is 14.1. The summed E-state index contributed by atoms with van der Waals surface area (Å²) in [5.74, 6) is -6.57. The van der Waals surface area contributed by atoms with E-state index in [2.05, 4.69) is 0 Å². The van der Waals surface area contributed by atoms with Gasteiger partial charge in [-0.2, -0.15) is 0 Å². The van der Waals surface area contributed by atoms with Crippen LogP contribution < -0.4 is 18.9 Å². The first-order valence-corrected chi connectivity index (χ1v) is 21.7. The summed E-state index contributed by atoms with van der Waals surface area (Å²) in [7, 11) is 0. The molecular weight excluding hydrogens is 901 g/mol. The summed E-state index contributed by atoms with van der Waals surface area (Å²) in [4.78, 5) is 85.8. The molecule has 0 aromatic heterocycles. The highest BCUT2D eigenvalue weighted by molar-refractivity contribution is 6.45. The molecule has 2 aliphatic heterocycles.